The first-order valence-corrected chi connectivity index (χ1v) is 7.19. The monoisotopic (exact) mass is 264 g/mol. The maximum atomic E-state index is 12.7. The van der Waals surface area contributed by atoms with Crippen molar-refractivity contribution in [3.8, 4) is 0 Å². The number of amides is 1. The van der Waals surface area contributed by atoms with Gasteiger partial charge in [0, 0.05) is 31.9 Å². The highest BCUT2D eigenvalue weighted by atomic mass is 16.2. The minimum Gasteiger partial charge on any atom is -0.337 e. The molecule has 0 unspecified atom stereocenters. The van der Waals surface area contributed by atoms with Crippen molar-refractivity contribution in [3.63, 3.8) is 0 Å². The molecule has 1 aromatic heterocycles. The minimum absolute atomic E-state index is 0.140. The van der Waals surface area contributed by atoms with Gasteiger partial charge in [0.25, 0.3) is 5.91 Å². The average Bonchev–Trinajstić information content (AvgIpc) is 2.61. The fraction of sp³-hybridized carbons (Fsp3) is 0.714. The molecule has 0 bridgehead atoms. The molecule has 0 spiro atoms. The van der Waals surface area contributed by atoms with Gasteiger partial charge in [-0.2, -0.15) is 5.10 Å². The molecule has 1 amide bonds. The van der Waals surface area contributed by atoms with Gasteiger partial charge >= 0.3 is 0 Å². The summed E-state index contributed by atoms with van der Waals surface area (Å²) in [7, 11) is 0. The van der Waals surface area contributed by atoms with E-state index in [0.29, 0.717) is 0 Å². The molecule has 2 heterocycles. The van der Waals surface area contributed by atoms with Crippen molar-refractivity contribution in [2.45, 2.75) is 40.2 Å². The fourth-order valence-corrected chi connectivity index (χ4v) is 2.64. The summed E-state index contributed by atoms with van der Waals surface area (Å²) in [5.74, 6) is 0.140. The van der Waals surface area contributed by atoms with Crippen molar-refractivity contribution < 1.29 is 4.79 Å². The van der Waals surface area contributed by atoms with Crippen molar-refractivity contribution in [2.75, 3.05) is 26.2 Å². The Labute approximate surface area is 115 Å². The number of nitrogens with zero attached hydrogens (tertiary/aromatic N) is 3. The molecule has 0 atom stereocenters. The fourth-order valence-electron chi connectivity index (χ4n) is 2.64. The summed E-state index contributed by atoms with van der Waals surface area (Å²) in [6.45, 7) is 10.4. The third kappa shape index (κ3) is 2.97. The van der Waals surface area contributed by atoms with Gasteiger partial charge in [-0.3, -0.25) is 9.48 Å². The molecular weight excluding hydrogens is 240 g/mol. The van der Waals surface area contributed by atoms with Gasteiger partial charge in [-0.15, -0.1) is 0 Å². The van der Waals surface area contributed by atoms with Crippen molar-refractivity contribution in [1.82, 2.24) is 20.0 Å². The number of aryl methyl sites for hydroxylation is 2. The first-order valence-electron chi connectivity index (χ1n) is 7.19. The third-order valence-corrected chi connectivity index (χ3v) is 3.66. The van der Waals surface area contributed by atoms with E-state index < -0.39 is 0 Å². The zero-order chi connectivity index (χ0) is 13.8. The van der Waals surface area contributed by atoms with Gasteiger partial charge in [0.05, 0.1) is 11.3 Å². The maximum Gasteiger partial charge on any atom is 0.257 e. The van der Waals surface area contributed by atoms with Crippen molar-refractivity contribution in [3.05, 3.63) is 17.0 Å². The second kappa shape index (κ2) is 6.19. The van der Waals surface area contributed by atoms with E-state index in [4.69, 9.17) is 0 Å². The molecule has 1 N–H and O–H groups in total. The molecular formula is C14H24N4O. The van der Waals surface area contributed by atoms with Crippen LogP contribution >= 0.6 is 0 Å². The largest absolute Gasteiger partial charge is 0.337 e. The Balaban J connectivity index is 2.22. The number of rotatable bonds is 3. The van der Waals surface area contributed by atoms with E-state index in [0.717, 1.165) is 62.5 Å². The highest BCUT2D eigenvalue weighted by molar-refractivity contribution is 5.96. The van der Waals surface area contributed by atoms with Crippen LogP contribution in [0.2, 0.25) is 0 Å². The van der Waals surface area contributed by atoms with Gasteiger partial charge in [-0.1, -0.05) is 6.92 Å². The predicted octanol–water partition coefficient (Wildman–Crippen LogP) is 1.35. The number of carbonyl (C=O) groups is 1. The predicted molar refractivity (Wildman–Crippen MR) is 75.4 cm³/mol. The number of hydrogen-bond donors (Lipinski definition) is 1. The van der Waals surface area contributed by atoms with Gasteiger partial charge in [-0.25, -0.2) is 0 Å². The SMILES string of the molecule is CCCn1nc(C)c(C(=O)N2CCCNCC2)c1C. The van der Waals surface area contributed by atoms with Gasteiger partial charge in [0.1, 0.15) is 0 Å². The molecule has 0 aliphatic carbocycles. The van der Waals surface area contributed by atoms with Gasteiger partial charge < -0.3 is 10.2 Å². The zero-order valence-corrected chi connectivity index (χ0v) is 12.2. The van der Waals surface area contributed by atoms with Crippen LogP contribution in [0.15, 0.2) is 0 Å². The Kier molecular flexibility index (Phi) is 4.58. The lowest BCUT2D eigenvalue weighted by Gasteiger charge is -2.20. The second-order valence-electron chi connectivity index (χ2n) is 5.16. The molecule has 1 aromatic rings. The Morgan fingerprint density at radius 1 is 1.32 bits per heavy atom. The Bertz CT molecular complexity index is 445. The van der Waals surface area contributed by atoms with Crippen molar-refractivity contribution in [1.29, 1.82) is 0 Å². The van der Waals surface area contributed by atoms with Gasteiger partial charge in [0.15, 0.2) is 0 Å². The summed E-state index contributed by atoms with van der Waals surface area (Å²) in [6, 6.07) is 0. The van der Waals surface area contributed by atoms with Crippen LogP contribution in [0.4, 0.5) is 0 Å². The van der Waals surface area contributed by atoms with Crippen molar-refractivity contribution in [2.24, 2.45) is 0 Å². The van der Waals surface area contributed by atoms with E-state index in [-0.39, 0.29) is 5.91 Å². The minimum atomic E-state index is 0.140. The van der Waals surface area contributed by atoms with E-state index in [1.807, 2.05) is 23.4 Å². The van der Waals surface area contributed by atoms with Crippen LogP contribution in [0.25, 0.3) is 0 Å². The summed E-state index contributed by atoms with van der Waals surface area (Å²) >= 11 is 0. The summed E-state index contributed by atoms with van der Waals surface area (Å²) < 4.78 is 1.96. The standard InChI is InChI=1S/C14H24N4O/c1-4-8-18-12(3)13(11(2)16-18)14(19)17-9-5-6-15-7-10-17/h15H,4-10H2,1-3H3. The van der Waals surface area contributed by atoms with Gasteiger partial charge in [0.2, 0.25) is 0 Å². The van der Waals surface area contributed by atoms with E-state index in [9.17, 15) is 4.79 Å². The lowest BCUT2D eigenvalue weighted by atomic mass is 10.1. The quantitative estimate of drug-likeness (QED) is 0.896. The van der Waals surface area contributed by atoms with E-state index in [2.05, 4.69) is 17.3 Å². The number of carbonyl (C=O) groups excluding carboxylic acids is 1. The molecule has 0 saturated carbocycles. The maximum absolute atomic E-state index is 12.7. The normalized spacial score (nSPS) is 16.5. The third-order valence-electron chi connectivity index (χ3n) is 3.66. The number of hydrogen-bond acceptors (Lipinski definition) is 3. The molecule has 5 nitrogen and oxygen atoms in total. The highest BCUT2D eigenvalue weighted by Gasteiger charge is 2.23. The van der Waals surface area contributed by atoms with Gasteiger partial charge in [-0.05, 0) is 33.2 Å². The molecule has 106 valence electrons. The van der Waals surface area contributed by atoms with Crippen LogP contribution in [0, 0.1) is 13.8 Å². The lowest BCUT2D eigenvalue weighted by Crippen LogP contribution is -2.34. The molecule has 1 aliphatic heterocycles. The van der Waals surface area contributed by atoms with Crippen LogP contribution in [0.1, 0.15) is 41.5 Å². The smallest absolute Gasteiger partial charge is 0.257 e. The second-order valence-corrected chi connectivity index (χ2v) is 5.16. The average molecular weight is 264 g/mol. The van der Waals surface area contributed by atoms with E-state index in [1.165, 1.54) is 0 Å². The molecule has 0 aromatic carbocycles. The Hall–Kier alpha value is -1.36. The molecule has 5 heteroatoms. The summed E-state index contributed by atoms with van der Waals surface area (Å²) in [6.07, 6.45) is 2.05. The van der Waals surface area contributed by atoms with Crippen LogP contribution in [-0.2, 0) is 6.54 Å². The summed E-state index contributed by atoms with van der Waals surface area (Å²) in [4.78, 5) is 14.6. The Morgan fingerprint density at radius 3 is 2.84 bits per heavy atom. The summed E-state index contributed by atoms with van der Waals surface area (Å²) in [5, 5.41) is 7.82. The van der Waals surface area contributed by atoms with Crippen LogP contribution in [0.5, 0.6) is 0 Å². The molecule has 1 saturated heterocycles. The molecule has 0 radical (unpaired) electrons. The molecule has 19 heavy (non-hydrogen) atoms. The highest BCUT2D eigenvalue weighted by Crippen LogP contribution is 2.16. The molecule has 1 aliphatic rings. The molecule has 2 rings (SSSR count). The summed E-state index contributed by atoms with van der Waals surface area (Å²) in [5.41, 5.74) is 2.66. The van der Waals surface area contributed by atoms with Crippen LogP contribution < -0.4 is 5.32 Å². The molecule has 1 fully saturated rings. The van der Waals surface area contributed by atoms with E-state index in [1.54, 1.807) is 0 Å². The number of nitrogens with one attached hydrogen (secondary N) is 1. The Morgan fingerprint density at radius 2 is 2.11 bits per heavy atom. The van der Waals surface area contributed by atoms with Crippen LogP contribution in [0.3, 0.4) is 0 Å². The number of aromatic nitrogens is 2. The first-order chi connectivity index (χ1) is 9.15. The van der Waals surface area contributed by atoms with Crippen molar-refractivity contribution >= 4 is 5.91 Å². The van der Waals surface area contributed by atoms with E-state index >= 15 is 0 Å². The van der Waals surface area contributed by atoms with Crippen LogP contribution in [-0.4, -0.2) is 46.8 Å². The first kappa shape index (κ1) is 14.1. The zero-order valence-electron chi connectivity index (χ0n) is 12.2. The lowest BCUT2D eigenvalue weighted by molar-refractivity contribution is 0.0765. The topological polar surface area (TPSA) is 50.2 Å².